The molecule has 0 unspecified atom stereocenters. The summed E-state index contributed by atoms with van der Waals surface area (Å²) < 4.78 is 7.11. The standard InChI is InChI=1S/C5H5IN2O2/c1-3-4(2-7-10-3)5(9)8-6/h2H,1H3,(H,8,9). The van der Waals surface area contributed by atoms with Gasteiger partial charge in [-0.3, -0.25) is 8.32 Å². The van der Waals surface area contributed by atoms with Gasteiger partial charge in [0.1, 0.15) is 11.3 Å². The molecule has 10 heavy (non-hydrogen) atoms. The fourth-order valence-electron chi connectivity index (χ4n) is 0.568. The van der Waals surface area contributed by atoms with Crippen molar-refractivity contribution in [3.8, 4) is 0 Å². The Morgan fingerprint density at radius 2 is 2.60 bits per heavy atom. The van der Waals surface area contributed by atoms with E-state index in [-0.39, 0.29) is 5.91 Å². The summed E-state index contributed by atoms with van der Waals surface area (Å²) in [7, 11) is 0. The molecule has 0 aliphatic rings. The first kappa shape index (κ1) is 7.52. The van der Waals surface area contributed by atoms with Gasteiger partial charge in [0.25, 0.3) is 5.91 Å². The Kier molecular flexibility index (Phi) is 2.25. The maximum atomic E-state index is 10.9. The van der Waals surface area contributed by atoms with Crippen LogP contribution >= 0.6 is 22.9 Å². The molecule has 0 spiro atoms. The van der Waals surface area contributed by atoms with E-state index in [0.717, 1.165) is 0 Å². The monoisotopic (exact) mass is 252 g/mol. The highest BCUT2D eigenvalue weighted by Gasteiger charge is 2.10. The highest BCUT2D eigenvalue weighted by molar-refractivity contribution is 14.1. The largest absolute Gasteiger partial charge is 0.361 e. The first-order chi connectivity index (χ1) is 4.75. The number of aryl methyl sites for hydroxylation is 1. The van der Waals surface area contributed by atoms with Gasteiger partial charge in [0.05, 0.1) is 29.1 Å². The van der Waals surface area contributed by atoms with Crippen molar-refractivity contribution in [2.75, 3.05) is 0 Å². The number of amides is 1. The van der Waals surface area contributed by atoms with Gasteiger partial charge in [-0.1, -0.05) is 5.16 Å². The molecule has 1 heterocycles. The minimum atomic E-state index is -0.181. The predicted molar refractivity (Wildman–Crippen MR) is 42.7 cm³/mol. The van der Waals surface area contributed by atoms with Crippen LogP contribution in [0.3, 0.4) is 0 Å². The van der Waals surface area contributed by atoms with E-state index in [2.05, 4.69) is 13.2 Å². The molecule has 0 aliphatic heterocycles. The number of hydrogen-bond acceptors (Lipinski definition) is 3. The van der Waals surface area contributed by atoms with E-state index in [1.807, 2.05) is 0 Å². The van der Waals surface area contributed by atoms with Crippen molar-refractivity contribution in [3.63, 3.8) is 0 Å². The fourth-order valence-corrected chi connectivity index (χ4v) is 0.858. The molecule has 54 valence electrons. The third-order valence-corrected chi connectivity index (χ3v) is 1.57. The molecule has 0 aromatic carbocycles. The molecular formula is C5H5IN2O2. The average molecular weight is 252 g/mol. The van der Waals surface area contributed by atoms with Gasteiger partial charge in [-0.15, -0.1) is 0 Å². The zero-order chi connectivity index (χ0) is 7.56. The number of hydrogen-bond donors (Lipinski definition) is 1. The Balaban J connectivity index is 2.93. The van der Waals surface area contributed by atoms with Crippen LogP contribution < -0.4 is 3.53 Å². The van der Waals surface area contributed by atoms with Gasteiger partial charge in [-0.05, 0) is 6.92 Å². The maximum absolute atomic E-state index is 10.9. The Hall–Kier alpha value is -0.590. The van der Waals surface area contributed by atoms with Crippen molar-refractivity contribution >= 4 is 28.8 Å². The number of nitrogens with zero attached hydrogens (tertiary/aromatic N) is 1. The number of carbonyl (C=O) groups is 1. The normalized spacial score (nSPS) is 9.40. The van der Waals surface area contributed by atoms with E-state index in [1.165, 1.54) is 6.20 Å². The molecule has 1 amide bonds. The lowest BCUT2D eigenvalue weighted by atomic mass is 10.3. The van der Waals surface area contributed by atoms with Crippen LogP contribution in [0.5, 0.6) is 0 Å². The summed E-state index contributed by atoms with van der Waals surface area (Å²) in [6, 6.07) is 0. The van der Waals surface area contributed by atoms with E-state index in [1.54, 1.807) is 29.8 Å². The van der Waals surface area contributed by atoms with Gasteiger partial charge < -0.3 is 4.52 Å². The second-order valence-electron chi connectivity index (χ2n) is 1.72. The zero-order valence-corrected chi connectivity index (χ0v) is 7.38. The number of nitrogens with one attached hydrogen (secondary N) is 1. The highest BCUT2D eigenvalue weighted by atomic mass is 127. The van der Waals surface area contributed by atoms with Gasteiger partial charge >= 0.3 is 0 Å². The van der Waals surface area contributed by atoms with Gasteiger partial charge in [0.2, 0.25) is 0 Å². The van der Waals surface area contributed by atoms with Gasteiger partial charge in [-0.25, -0.2) is 0 Å². The van der Waals surface area contributed by atoms with Crippen LogP contribution in [0.15, 0.2) is 10.7 Å². The lowest BCUT2D eigenvalue weighted by Gasteiger charge is -1.90. The molecule has 0 radical (unpaired) electrons. The molecule has 1 rings (SSSR count). The van der Waals surface area contributed by atoms with Crippen LogP contribution in [0, 0.1) is 6.92 Å². The topological polar surface area (TPSA) is 55.1 Å². The summed E-state index contributed by atoms with van der Waals surface area (Å²) in [6.45, 7) is 1.69. The molecule has 0 saturated carbocycles. The molecule has 1 N–H and O–H groups in total. The molecular weight excluding hydrogens is 247 g/mol. The minimum Gasteiger partial charge on any atom is -0.361 e. The number of aromatic nitrogens is 1. The molecule has 1 aromatic rings. The lowest BCUT2D eigenvalue weighted by Crippen LogP contribution is -2.11. The summed E-state index contributed by atoms with van der Waals surface area (Å²) >= 11 is 1.76. The molecule has 4 nitrogen and oxygen atoms in total. The third-order valence-electron chi connectivity index (χ3n) is 1.08. The van der Waals surface area contributed by atoms with Crippen LogP contribution in [0.25, 0.3) is 0 Å². The molecule has 0 aliphatic carbocycles. The first-order valence-electron chi connectivity index (χ1n) is 2.58. The summed E-state index contributed by atoms with van der Waals surface area (Å²) in [5, 5.41) is 3.45. The van der Waals surface area contributed by atoms with E-state index in [4.69, 9.17) is 0 Å². The van der Waals surface area contributed by atoms with Crippen LogP contribution in [0.1, 0.15) is 16.1 Å². The summed E-state index contributed by atoms with van der Waals surface area (Å²) in [5.41, 5.74) is 0.481. The van der Waals surface area contributed by atoms with Crippen LogP contribution in [0.4, 0.5) is 0 Å². The van der Waals surface area contributed by atoms with Crippen molar-refractivity contribution in [1.29, 1.82) is 0 Å². The van der Waals surface area contributed by atoms with E-state index in [9.17, 15) is 4.79 Å². The van der Waals surface area contributed by atoms with Gasteiger partial charge in [-0.2, -0.15) is 0 Å². The molecule has 0 bridgehead atoms. The van der Waals surface area contributed by atoms with Crippen molar-refractivity contribution in [1.82, 2.24) is 8.69 Å². The maximum Gasteiger partial charge on any atom is 0.265 e. The van der Waals surface area contributed by atoms with Crippen molar-refractivity contribution in [2.24, 2.45) is 0 Å². The Morgan fingerprint density at radius 3 is 3.00 bits per heavy atom. The zero-order valence-electron chi connectivity index (χ0n) is 5.22. The Labute approximate surface area is 71.5 Å². The summed E-state index contributed by atoms with van der Waals surface area (Å²) in [6.07, 6.45) is 1.39. The van der Waals surface area contributed by atoms with Crippen molar-refractivity contribution < 1.29 is 9.32 Å². The summed E-state index contributed by atoms with van der Waals surface area (Å²) in [5.74, 6) is 0.355. The highest BCUT2D eigenvalue weighted by Crippen LogP contribution is 2.05. The quantitative estimate of drug-likeness (QED) is 0.600. The van der Waals surface area contributed by atoms with Crippen LogP contribution in [-0.4, -0.2) is 11.1 Å². The second-order valence-corrected chi connectivity index (χ2v) is 2.26. The second kappa shape index (κ2) is 3.00. The molecule has 1 aromatic heterocycles. The van der Waals surface area contributed by atoms with Crippen molar-refractivity contribution in [3.05, 3.63) is 17.5 Å². The van der Waals surface area contributed by atoms with Crippen molar-refractivity contribution in [2.45, 2.75) is 6.92 Å². The Morgan fingerprint density at radius 1 is 1.90 bits per heavy atom. The molecule has 5 heteroatoms. The Bertz CT molecular complexity index is 246. The van der Waals surface area contributed by atoms with E-state index in [0.29, 0.717) is 11.3 Å². The number of rotatable bonds is 1. The molecule has 0 saturated heterocycles. The van der Waals surface area contributed by atoms with Gasteiger partial charge in [0.15, 0.2) is 0 Å². The smallest absolute Gasteiger partial charge is 0.265 e. The summed E-state index contributed by atoms with van der Waals surface area (Å²) in [4.78, 5) is 10.9. The number of carbonyl (C=O) groups excluding carboxylic acids is 1. The minimum absolute atomic E-state index is 0.181. The first-order valence-corrected chi connectivity index (χ1v) is 3.66. The lowest BCUT2D eigenvalue weighted by molar-refractivity contribution is 0.0988. The van der Waals surface area contributed by atoms with Gasteiger partial charge in [0, 0.05) is 0 Å². The van der Waals surface area contributed by atoms with Crippen LogP contribution in [0.2, 0.25) is 0 Å². The van der Waals surface area contributed by atoms with Crippen LogP contribution in [-0.2, 0) is 0 Å². The third kappa shape index (κ3) is 1.28. The molecule has 0 atom stereocenters. The number of halogens is 1. The SMILES string of the molecule is Cc1oncc1C(=O)NI. The fraction of sp³-hybridized carbons (Fsp3) is 0.200. The molecule has 0 fully saturated rings. The average Bonchev–Trinajstić information content (AvgIpc) is 2.34. The predicted octanol–water partition coefficient (Wildman–Crippen LogP) is 1.06. The van der Waals surface area contributed by atoms with E-state index >= 15 is 0 Å². The van der Waals surface area contributed by atoms with E-state index < -0.39 is 0 Å².